The number of halogens is 1. The van der Waals surface area contributed by atoms with E-state index in [1.807, 2.05) is 12.1 Å². The molecule has 0 amide bonds. The van der Waals surface area contributed by atoms with E-state index in [2.05, 4.69) is 0 Å². The van der Waals surface area contributed by atoms with Crippen molar-refractivity contribution in [2.45, 2.75) is 11.5 Å². The normalized spacial score (nSPS) is 20.5. The zero-order chi connectivity index (χ0) is 25.9. The van der Waals surface area contributed by atoms with Crippen LogP contribution in [0.3, 0.4) is 0 Å². The lowest BCUT2D eigenvalue weighted by atomic mass is 9.73. The summed E-state index contributed by atoms with van der Waals surface area (Å²) in [5.41, 5.74) is 0.275. The van der Waals surface area contributed by atoms with Crippen LogP contribution in [0, 0.1) is 5.92 Å². The first-order valence-corrected chi connectivity index (χ1v) is 12.3. The maximum Gasteiger partial charge on any atom is 0.192 e. The van der Waals surface area contributed by atoms with Crippen molar-refractivity contribution in [3.63, 3.8) is 0 Å². The van der Waals surface area contributed by atoms with Gasteiger partial charge < -0.3 is 9.52 Å². The molecular formula is C30H22ClNO5. The van der Waals surface area contributed by atoms with Gasteiger partial charge in [-0.05, 0) is 67.7 Å². The molecular weight excluding hydrogens is 490 g/mol. The summed E-state index contributed by atoms with van der Waals surface area (Å²) < 4.78 is 6.29. The number of likely N-dealkylation sites (N-methyl/N-ethyl adjacent to an activating group) is 1. The summed E-state index contributed by atoms with van der Waals surface area (Å²) in [5.74, 6) is -1.49. The van der Waals surface area contributed by atoms with Gasteiger partial charge in [-0.2, -0.15) is 0 Å². The van der Waals surface area contributed by atoms with Gasteiger partial charge >= 0.3 is 0 Å². The second kappa shape index (κ2) is 8.54. The molecule has 7 heteroatoms. The highest BCUT2D eigenvalue weighted by Crippen LogP contribution is 2.53. The maximum absolute atomic E-state index is 14.0. The molecule has 1 aliphatic heterocycles. The molecule has 2 heterocycles. The number of ketones is 3. The fraction of sp³-hybridized carbons (Fsp3) is 0.167. The lowest BCUT2D eigenvalue weighted by molar-refractivity contribution is 0.0594. The third-order valence-electron chi connectivity index (χ3n) is 7.58. The molecule has 1 aliphatic carbocycles. The number of Topliss-reactive ketones (excluding diaryl/α,β-unsaturated/α-hetero) is 3. The molecule has 37 heavy (non-hydrogen) atoms. The molecule has 2 atom stereocenters. The van der Waals surface area contributed by atoms with Crippen molar-refractivity contribution < 1.29 is 23.9 Å². The van der Waals surface area contributed by atoms with Crippen LogP contribution in [0.2, 0.25) is 5.02 Å². The minimum absolute atomic E-state index is 0.0448. The Morgan fingerprint density at radius 2 is 1.54 bits per heavy atom. The Bertz CT molecular complexity index is 1520. The lowest BCUT2D eigenvalue weighted by Crippen LogP contribution is -2.54. The van der Waals surface area contributed by atoms with E-state index in [4.69, 9.17) is 16.0 Å². The highest BCUT2D eigenvalue weighted by Gasteiger charge is 2.68. The average Bonchev–Trinajstić information content (AvgIpc) is 3.56. The molecule has 3 aromatic carbocycles. The number of benzene rings is 3. The Balaban J connectivity index is 1.51. The van der Waals surface area contributed by atoms with Gasteiger partial charge in [0, 0.05) is 39.7 Å². The number of furan rings is 1. The van der Waals surface area contributed by atoms with Crippen molar-refractivity contribution in [1.29, 1.82) is 0 Å². The predicted octanol–water partition coefficient (Wildman–Crippen LogP) is 5.65. The van der Waals surface area contributed by atoms with Crippen LogP contribution in [0.1, 0.15) is 42.8 Å². The summed E-state index contributed by atoms with van der Waals surface area (Å²) in [6, 6.07) is 23.5. The first-order chi connectivity index (χ1) is 17.8. The lowest BCUT2D eigenvalue weighted by Gasteiger charge is -2.33. The first-order valence-electron chi connectivity index (χ1n) is 11.9. The van der Waals surface area contributed by atoms with Crippen molar-refractivity contribution >= 4 is 29.0 Å². The van der Waals surface area contributed by atoms with E-state index in [-0.39, 0.29) is 29.6 Å². The Morgan fingerprint density at radius 3 is 2.16 bits per heavy atom. The van der Waals surface area contributed by atoms with E-state index in [9.17, 15) is 19.5 Å². The Morgan fingerprint density at radius 1 is 0.919 bits per heavy atom. The molecule has 184 valence electrons. The molecule has 6 nitrogen and oxygen atoms in total. The fourth-order valence-corrected chi connectivity index (χ4v) is 5.99. The van der Waals surface area contributed by atoms with Gasteiger partial charge in [0.2, 0.25) is 0 Å². The van der Waals surface area contributed by atoms with Gasteiger partial charge in [-0.3, -0.25) is 19.3 Å². The highest BCUT2D eigenvalue weighted by molar-refractivity contribution is 6.34. The summed E-state index contributed by atoms with van der Waals surface area (Å²) in [7, 11) is 1.71. The van der Waals surface area contributed by atoms with Crippen LogP contribution in [-0.4, -0.2) is 46.5 Å². The van der Waals surface area contributed by atoms with Crippen LogP contribution >= 0.6 is 11.6 Å². The second-order valence-electron chi connectivity index (χ2n) is 9.55. The molecule has 2 aliphatic rings. The molecule has 1 aromatic heterocycles. The largest absolute Gasteiger partial charge is 0.508 e. The van der Waals surface area contributed by atoms with E-state index >= 15 is 0 Å². The number of phenols is 1. The van der Waals surface area contributed by atoms with Gasteiger partial charge in [-0.25, -0.2) is 0 Å². The molecule has 6 rings (SSSR count). The van der Waals surface area contributed by atoms with Gasteiger partial charge in [0.05, 0.1) is 5.92 Å². The number of rotatable bonds is 4. The molecule has 0 unspecified atom stereocenters. The summed E-state index contributed by atoms with van der Waals surface area (Å²) >= 11 is 6.04. The second-order valence-corrected chi connectivity index (χ2v) is 9.99. The summed E-state index contributed by atoms with van der Waals surface area (Å²) in [6.45, 7) is 0.187. The van der Waals surface area contributed by atoms with Crippen molar-refractivity contribution in [1.82, 2.24) is 4.90 Å². The van der Waals surface area contributed by atoms with Gasteiger partial charge in [0.15, 0.2) is 22.9 Å². The standard InChI is InChI=1S/C30H22ClNO5/c1-32-16-23(27(34)18-8-12-20(33)13-9-18)26(25-15-14-24(37-25)17-6-10-19(31)11-7-17)30(32)28(35)21-4-2-3-5-22(21)29(30)36/h2-15,23,26,33H,16H2,1H3/t23-,26-/m0/s1. The number of nitrogens with zero attached hydrogens (tertiary/aromatic N) is 1. The van der Waals surface area contributed by atoms with Crippen LogP contribution in [0.5, 0.6) is 5.75 Å². The molecule has 1 spiro atoms. The van der Waals surface area contributed by atoms with Crippen LogP contribution in [0.4, 0.5) is 0 Å². The zero-order valence-corrected chi connectivity index (χ0v) is 20.6. The number of hydrogen-bond donors (Lipinski definition) is 1. The van der Waals surface area contributed by atoms with Crippen molar-refractivity contribution in [3.05, 3.63) is 112 Å². The van der Waals surface area contributed by atoms with Gasteiger partial charge in [-0.1, -0.05) is 35.9 Å². The SMILES string of the molecule is CN1C[C@H](C(=O)c2ccc(O)cc2)[C@@H](c2ccc(-c3ccc(Cl)cc3)o2)C12C(=O)c1ccccc1C2=O. The van der Waals surface area contributed by atoms with E-state index in [0.29, 0.717) is 33.2 Å². The number of fused-ring (bicyclic) bond motifs is 1. The number of carbonyl (C=O) groups excluding carboxylic acids is 3. The molecule has 0 radical (unpaired) electrons. The summed E-state index contributed by atoms with van der Waals surface area (Å²) in [4.78, 5) is 43.6. The summed E-state index contributed by atoms with van der Waals surface area (Å²) in [6.07, 6.45) is 0. The van der Waals surface area contributed by atoms with E-state index in [1.165, 1.54) is 12.1 Å². The quantitative estimate of drug-likeness (QED) is 0.281. The highest BCUT2D eigenvalue weighted by atomic mass is 35.5. The number of likely N-dealkylation sites (tertiary alicyclic amines) is 1. The van der Waals surface area contributed by atoms with Gasteiger partial charge in [0.1, 0.15) is 17.3 Å². The number of hydrogen-bond acceptors (Lipinski definition) is 6. The number of phenolic OH excluding ortho intramolecular Hbond substituents is 1. The topological polar surface area (TPSA) is 87.8 Å². The third-order valence-corrected chi connectivity index (χ3v) is 7.84. The first kappa shape index (κ1) is 23.4. The Hall–Kier alpha value is -4.00. The molecule has 0 saturated carbocycles. The third kappa shape index (κ3) is 3.40. The van der Waals surface area contributed by atoms with Gasteiger partial charge in [0.25, 0.3) is 0 Å². The fourth-order valence-electron chi connectivity index (χ4n) is 5.86. The van der Waals surface area contributed by atoms with Crippen molar-refractivity contribution in [2.75, 3.05) is 13.6 Å². The molecule has 4 aromatic rings. The molecule has 0 bridgehead atoms. The van der Waals surface area contributed by atoms with Crippen LogP contribution in [0.15, 0.2) is 89.3 Å². The smallest absolute Gasteiger partial charge is 0.192 e. The zero-order valence-electron chi connectivity index (χ0n) is 19.9. The van der Waals surface area contributed by atoms with Crippen molar-refractivity contribution in [3.8, 4) is 17.1 Å². The van der Waals surface area contributed by atoms with E-state index in [1.54, 1.807) is 72.6 Å². The predicted molar refractivity (Wildman–Crippen MR) is 138 cm³/mol. The van der Waals surface area contributed by atoms with Crippen LogP contribution < -0.4 is 0 Å². The Labute approximate surface area is 218 Å². The van der Waals surface area contributed by atoms with Crippen LogP contribution in [0.25, 0.3) is 11.3 Å². The molecule has 1 N–H and O–H groups in total. The minimum Gasteiger partial charge on any atom is -0.508 e. The Kier molecular flexibility index (Phi) is 5.40. The average molecular weight is 512 g/mol. The van der Waals surface area contributed by atoms with Crippen LogP contribution in [-0.2, 0) is 0 Å². The maximum atomic E-state index is 14.0. The van der Waals surface area contributed by atoms with Crippen molar-refractivity contribution in [2.24, 2.45) is 5.92 Å². The van der Waals surface area contributed by atoms with Gasteiger partial charge in [-0.15, -0.1) is 0 Å². The molecule has 1 fully saturated rings. The van der Waals surface area contributed by atoms with E-state index < -0.39 is 17.4 Å². The summed E-state index contributed by atoms with van der Waals surface area (Å²) in [5, 5.41) is 10.3. The number of carbonyl (C=O) groups is 3. The molecule has 1 saturated heterocycles. The van der Waals surface area contributed by atoms with E-state index in [0.717, 1.165) is 5.56 Å². The minimum atomic E-state index is -1.60. The monoisotopic (exact) mass is 511 g/mol. The number of aromatic hydroxyl groups is 1.